The van der Waals surface area contributed by atoms with Crippen LogP contribution in [0.1, 0.15) is 31.7 Å². The van der Waals surface area contributed by atoms with Gasteiger partial charge in [0.1, 0.15) is 12.6 Å². The highest BCUT2D eigenvalue weighted by atomic mass is 16.2. The summed E-state index contributed by atoms with van der Waals surface area (Å²) >= 11 is 0. The first-order valence-electron chi connectivity index (χ1n) is 9.76. The van der Waals surface area contributed by atoms with Gasteiger partial charge in [0, 0.05) is 50.9 Å². The molecule has 4 rings (SSSR count). The van der Waals surface area contributed by atoms with Crippen molar-refractivity contribution in [3.63, 3.8) is 0 Å². The van der Waals surface area contributed by atoms with E-state index in [4.69, 9.17) is 5.26 Å². The van der Waals surface area contributed by atoms with E-state index in [1.807, 2.05) is 22.8 Å². The van der Waals surface area contributed by atoms with Gasteiger partial charge in [0.2, 0.25) is 17.7 Å². The monoisotopic (exact) mass is 384 g/mol. The number of amides is 3. The fraction of sp³-hybridized carbons (Fsp3) is 0.632. The topological polar surface area (TPSA) is 103 Å². The molecule has 3 amide bonds. The van der Waals surface area contributed by atoms with E-state index < -0.39 is 0 Å². The van der Waals surface area contributed by atoms with Crippen LogP contribution in [0.15, 0.2) is 12.4 Å². The van der Waals surface area contributed by atoms with E-state index >= 15 is 0 Å². The van der Waals surface area contributed by atoms with Crippen molar-refractivity contribution in [2.75, 3.05) is 26.2 Å². The highest BCUT2D eigenvalue weighted by molar-refractivity contribution is 5.90. The highest BCUT2D eigenvalue weighted by Crippen LogP contribution is 2.33. The van der Waals surface area contributed by atoms with E-state index in [2.05, 4.69) is 5.10 Å². The Bertz CT molecular complexity index is 839. The average Bonchev–Trinajstić information content (AvgIpc) is 3.30. The lowest BCUT2D eigenvalue weighted by Crippen LogP contribution is -2.57. The molecule has 1 aromatic heterocycles. The summed E-state index contributed by atoms with van der Waals surface area (Å²) in [4.78, 5) is 43.1. The molecule has 28 heavy (non-hydrogen) atoms. The van der Waals surface area contributed by atoms with Gasteiger partial charge >= 0.3 is 0 Å². The molecular formula is C19H24N6O3. The van der Waals surface area contributed by atoms with Gasteiger partial charge in [-0.15, -0.1) is 0 Å². The quantitative estimate of drug-likeness (QED) is 0.717. The van der Waals surface area contributed by atoms with Crippen LogP contribution in [0.2, 0.25) is 0 Å². The molecule has 3 aliphatic rings. The molecule has 0 bridgehead atoms. The number of carbonyl (C=O) groups is 3. The lowest BCUT2D eigenvalue weighted by atomic mass is 10.0. The maximum absolute atomic E-state index is 12.9. The fourth-order valence-electron chi connectivity index (χ4n) is 4.13. The Labute approximate surface area is 163 Å². The number of aromatic nitrogens is 2. The smallest absolute Gasteiger partial charge is 0.244 e. The number of carbonyl (C=O) groups excluding carboxylic acids is 3. The normalized spacial score (nSPS) is 25.1. The molecule has 1 saturated carbocycles. The second kappa shape index (κ2) is 7.26. The molecule has 0 spiro atoms. The Morgan fingerprint density at radius 1 is 1.29 bits per heavy atom. The lowest BCUT2D eigenvalue weighted by molar-refractivity contribution is -0.145. The molecular weight excluding hydrogens is 360 g/mol. The minimum Gasteiger partial charge on any atom is -0.339 e. The van der Waals surface area contributed by atoms with Crippen molar-refractivity contribution in [2.45, 2.75) is 44.8 Å². The number of likely N-dealkylation sites (tertiary alicyclic amines) is 1. The minimum atomic E-state index is -0.258. The second-order valence-electron chi connectivity index (χ2n) is 7.94. The van der Waals surface area contributed by atoms with Crippen LogP contribution in [0, 0.1) is 17.2 Å². The van der Waals surface area contributed by atoms with E-state index in [0.717, 1.165) is 12.8 Å². The van der Waals surface area contributed by atoms with E-state index in [-0.39, 0.29) is 36.2 Å². The molecule has 0 radical (unpaired) electrons. The van der Waals surface area contributed by atoms with Gasteiger partial charge in [0.05, 0.1) is 17.7 Å². The van der Waals surface area contributed by atoms with Gasteiger partial charge in [-0.1, -0.05) is 0 Å². The van der Waals surface area contributed by atoms with Crippen molar-refractivity contribution in [3.05, 3.63) is 18.0 Å². The summed E-state index contributed by atoms with van der Waals surface area (Å²) in [5.41, 5.74) is 0.419. The van der Waals surface area contributed by atoms with Crippen LogP contribution < -0.4 is 0 Å². The molecule has 3 heterocycles. The Morgan fingerprint density at radius 3 is 2.71 bits per heavy atom. The molecule has 9 nitrogen and oxygen atoms in total. The van der Waals surface area contributed by atoms with Crippen LogP contribution in [-0.2, 0) is 20.9 Å². The van der Waals surface area contributed by atoms with Crippen LogP contribution in [0.3, 0.4) is 0 Å². The van der Waals surface area contributed by atoms with Crippen molar-refractivity contribution < 1.29 is 14.4 Å². The van der Waals surface area contributed by atoms with E-state index in [1.54, 1.807) is 11.1 Å². The summed E-state index contributed by atoms with van der Waals surface area (Å²) in [6.45, 7) is 3.96. The second-order valence-corrected chi connectivity index (χ2v) is 7.94. The van der Waals surface area contributed by atoms with Gasteiger partial charge in [-0.05, 0) is 19.8 Å². The molecule has 2 atom stereocenters. The predicted octanol–water partition coefficient (Wildman–Crippen LogP) is -0.175. The molecule has 148 valence electrons. The minimum absolute atomic E-state index is 0.0295. The molecule has 2 saturated heterocycles. The molecule has 0 N–H and O–H groups in total. The lowest BCUT2D eigenvalue weighted by Gasteiger charge is -2.40. The van der Waals surface area contributed by atoms with Crippen LogP contribution >= 0.6 is 0 Å². The van der Waals surface area contributed by atoms with Crippen molar-refractivity contribution >= 4 is 17.7 Å². The van der Waals surface area contributed by atoms with Crippen molar-refractivity contribution in [2.24, 2.45) is 5.92 Å². The van der Waals surface area contributed by atoms with Gasteiger partial charge in [-0.25, -0.2) is 0 Å². The van der Waals surface area contributed by atoms with Crippen LogP contribution in [-0.4, -0.2) is 80.5 Å². The van der Waals surface area contributed by atoms with Crippen LogP contribution in [0.4, 0.5) is 0 Å². The van der Waals surface area contributed by atoms with E-state index in [0.29, 0.717) is 44.2 Å². The number of nitriles is 1. The number of rotatable bonds is 4. The van der Waals surface area contributed by atoms with Gasteiger partial charge in [0.25, 0.3) is 0 Å². The van der Waals surface area contributed by atoms with Crippen LogP contribution in [0.5, 0.6) is 0 Å². The molecule has 1 aromatic rings. The highest BCUT2D eigenvalue weighted by Gasteiger charge is 2.44. The van der Waals surface area contributed by atoms with Gasteiger partial charge < -0.3 is 14.7 Å². The first-order valence-corrected chi connectivity index (χ1v) is 9.76. The van der Waals surface area contributed by atoms with E-state index in [1.165, 1.54) is 10.9 Å². The largest absolute Gasteiger partial charge is 0.339 e. The van der Waals surface area contributed by atoms with Crippen molar-refractivity contribution in [1.29, 1.82) is 5.26 Å². The number of piperazine rings is 1. The van der Waals surface area contributed by atoms with Gasteiger partial charge in [-0.3, -0.25) is 19.1 Å². The zero-order valence-electron chi connectivity index (χ0n) is 16.0. The predicted molar refractivity (Wildman–Crippen MR) is 97.5 cm³/mol. The summed E-state index contributed by atoms with van der Waals surface area (Å²) in [5.74, 6) is -0.214. The maximum Gasteiger partial charge on any atom is 0.244 e. The van der Waals surface area contributed by atoms with Crippen LogP contribution in [0.25, 0.3) is 0 Å². The number of nitrogens with zero attached hydrogens (tertiary/aromatic N) is 6. The van der Waals surface area contributed by atoms with Crippen molar-refractivity contribution in [1.82, 2.24) is 24.5 Å². The summed E-state index contributed by atoms with van der Waals surface area (Å²) in [6, 6.07) is 2.24. The Kier molecular flexibility index (Phi) is 4.79. The standard InChI is InChI=1S/C19H24N6O3/c1-13-9-22(18(27)12-23-10-14(7-20)8-21-23)4-5-24(13)19(28)15-6-17(26)25(11-15)16-2-3-16/h8,10,13,15-16H,2-6,9,11-12H2,1H3/t13-,15?/m1/s1. The summed E-state index contributed by atoms with van der Waals surface area (Å²) in [6.07, 6.45) is 5.39. The fourth-order valence-corrected chi connectivity index (χ4v) is 4.13. The Balaban J connectivity index is 1.32. The summed E-state index contributed by atoms with van der Waals surface area (Å²) < 4.78 is 1.46. The molecule has 2 aliphatic heterocycles. The Morgan fingerprint density at radius 2 is 2.07 bits per heavy atom. The first kappa shape index (κ1) is 18.5. The summed E-state index contributed by atoms with van der Waals surface area (Å²) in [7, 11) is 0. The third-order valence-corrected chi connectivity index (χ3v) is 5.82. The first-order chi connectivity index (χ1) is 13.5. The third-order valence-electron chi connectivity index (χ3n) is 5.82. The van der Waals surface area contributed by atoms with Gasteiger partial charge in [-0.2, -0.15) is 10.4 Å². The molecule has 9 heteroatoms. The zero-order valence-corrected chi connectivity index (χ0v) is 16.0. The number of hydrogen-bond donors (Lipinski definition) is 0. The van der Waals surface area contributed by atoms with Crippen molar-refractivity contribution in [3.8, 4) is 6.07 Å². The van der Waals surface area contributed by atoms with E-state index in [9.17, 15) is 14.4 Å². The number of hydrogen-bond acceptors (Lipinski definition) is 5. The molecule has 3 fully saturated rings. The maximum atomic E-state index is 12.9. The average molecular weight is 384 g/mol. The van der Waals surface area contributed by atoms with Gasteiger partial charge in [0.15, 0.2) is 0 Å². The molecule has 1 aliphatic carbocycles. The Hall–Kier alpha value is -2.89. The third kappa shape index (κ3) is 3.59. The zero-order chi connectivity index (χ0) is 19.8. The SMILES string of the molecule is C[C@@H]1CN(C(=O)Cn2cc(C#N)cn2)CCN1C(=O)C1CC(=O)N(C2CC2)C1. The summed E-state index contributed by atoms with van der Waals surface area (Å²) in [5, 5.41) is 12.9. The molecule has 0 aromatic carbocycles. The molecule has 1 unspecified atom stereocenters.